The lowest BCUT2D eigenvalue weighted by atomic mass is 10.0. The fourth-order valence-corrected chi connectivity index (χ4v) is 6.41. The fraction of sp³-hybridized carbons (Fsp3) is 0.412. The van der Waals surface area contributed by atoms with Crippen LogP contribution in [0, 0.1) is 6.92 Å². The summed E-state index contributed by atoms with van der Waals surface area (Å²) in [6.07, 6.45) is 0.537. The Labute approximate surface area is 150 Å². The van der Waals surface area contributed by atoms with Crippen molar-refractivity contribution in [1.82, 2.24) is 9.78 Å². The van der Waals surface area contributed by atoms with Gasteiger partial charge >= 0.3 is 0 Å². The first-order valence-corrected chi connectivity index (χ1v) is 11.1. The molecule has 2 aromatic rings. The normalized spacial score (nSPS) is 25.2. The Kier molecular flexibility index (Phi) is 4.11. The van der Waals surface area contributed by atoms with Crippen LogP contribution in [0.3, 0.4) is 0 Å². The number of carbonyl (C=O) groups is 1. The van der Waals surface area contributed by atoms with E-state index in [1.54, 1.807) is 16.4 Å². The van der Waals surface area contributed by atoms with Gasteiger partial charge in [-0.05, 0) is 18.9 Å². The van der Waals surface area contributed by atoms with Gasteiger partial charge < -0.3 is 5.32 Å². The molecule has 1 amide bonds. The van der Waals surface area contributed by atoms with Crippen LogP contribution in [-0.2, 0) is 14.6 Å². The molecule has 2 aliphatic rings. The summed E-state index contributed by atoms with van der Waals surface area (Å²) < 4.78 is 25.5. The number of benzene rings is 1. The van der Waals surface area contributed by atoms with Gasteiger partial charge in [0.15, 0.2) is 9.84 Å². The molecule has 8 heteroatoms. The number of amides is 1. The Morgan fingerprint density at radius 3 is 2.72 bits per heavy atom. The molecule has 0 unspecified atom stereocenters. The van der Waals surface area contributed by atoms with Crippen molar-refractivity contribution in [2.45, 2.75) is 24.6 Å². The van der Waals surface area contributed by atoms with Gasteiger partial charge in [0.2, 0.25) is 5.91 Å². The maximum Gasteiger partial charge on any atom is 0.235 e. The van der Waals surface area contributed by atoms with Crippen molar-refractivity contribution in [3.8, 4) is 0 Å². The number of rotatable bonds is 2. The molecule has 25 heavy (non-hydrogen) atoms. The van der Waals surface area contributed by atoms with Crippen molar-refractivity contribution in [1.29, 1.82) is 0 Å². The van der Waals surface area contributed by atoms with Crippen LogP contribution in [0.15, 0.2) is 30.3 Å². The number of aromatic nitrogens is 2. The second kappa shape index (κ2) is 6.17. The van der Waals surface area contributed by atoms with Crippen molar-refractivity contribution in [3.05, 3.63) is 47.2 Å². The molecule has 0 radical (unpaired) electrons. The van der Waals surface area contributed by atoms with E-state index in [1.165, 1.54) is 0 Å². The van der Waals surface area contributed by atoms with E-state index in [-0.39, 0.29) is 28.7 Å². The number of aryl methyl sites for hydroxylation is 1. The maximum atomic E-state index is 12.2. The molecule has 1 fully saturated rings. The van der Waals surface area contributed by atoms with E-state index < -0.39 is 9.84 Å². The van der Waals surface area contributed by atoms with Crippen LogP contribution in [0.4, 0.5) is 5.82 Å². The second-order valence-corrected chi connectivity index (χ2v) is 9.82. The Morgan fingerprint density at radius 2 is 2.04 bits per heavy atom. The molecule has 1 saturated heterocycles. The second-order valence-electron chi connectivity index (χ2n) is 6.50. The van der Waals surface area contributed by atoms with Crippen LogP contribution >= 0.6 is 11.8 Å². The highest BCUT2D eigenvalue weighted by Gasteiger charge is 2.36. The van der Waals surface area contributed by atoms with Crippen molar-refractivity contribution >= 4 is 33.3 Å². The standard InChI is InChI=1S/C17H19N3O3S2/c1-11-15-16(12-5-3-2-4-6-12)24-9-14(21)18-17(15)20(19-11)13-7-8-25(22,23)10-13/h2-6,13,16H,7-10H2,1H3,(H,18,21)/t13-,16-/m1/s1. The largest absolute Gasteiger partial charge is 0.310 e. The van der Waals surface area contributed by atoms with Crippen molar-refractivity contribution in [2.24, 2.45) is 0 Å². The first kappa shape index (κ1) is 16.7. The summed E-state index contributed by atoms with van der Waals surface area (Å²) in [6.45, 7) is 1.92. The molecular formula is C17H19N3O3S2. The first-order valence-electron chi connectivity index (χ1n) is 8.20. The van der Waals surface area contributed by atoms with Gasteiger partial charge in [-0.2, -0.15) is 5.10 Å². The quantitative estimate of drug-likeness (QED) is 0.869. The minimum Gasteiger partial charge on any atom is -0.310 e. The van der Waals surface area contributed by atoms with Gasteiger partial charge in [-0.1, -0.05) is 30.3 Å². The summed E-state index contributed by atoms with van der Waals surface area (Å²) in [5.74, 6) is 1.20. The lowest BCUT2D eigenvalue weighted by molar-refractivity contribution is -0.113. The minimum absolute atomic E-state index is 0.00177. The molecule has 1 aromatic heterocycles. The number of carbonyl (C=O) groups excluding carboxylic acids is 1. The van der Waals surface area contributed by atoms with Gasteiger partial charge in [0, 0.05) is 5.56 Å². The monoisotopic (exact) mass is 377 g/mol. The number of sulfone groups is 1. The highest BCUT2D eigenvalue weighted by Crippen LogP contribution is 2.44. The lowest BCUT2D eigenvalue weighted by Crippen LogP contribution is -2.20. The molecule has 6 nitrogen and oxygen atoms in total. The third-order valence-electron chi connectivity index (χ3n) is 4.69. The van der Waals surface area contributed by atoms with E-state index in [4.69, 9.17) is 0 Å². The molecule has 0 spiro atoms. The fourth-order valence-electron chi connectivity index (χ4n) is 3.53. The zero-order valence-corrected chi connectivity index (χ0v) is 15.4. The molecule has 0 saturated carbocycles. The molecule has 1 aromatic carbocycles. The third kappa shape index (κ3) is 3.08. The topological polar surface area (TPSA) is 81.1 Å². The van der Waals surface area contributed by atoms with Crippen LogP contribution in [-0.4, -0.2) is 41.4 Å². The molecule has 0 bridgehead atoms. The molecule has 4 rings (SSSR count). The molecule has 2 atom stereocenters. The minimum atomic E-state index is -3.03. The number of nitrogens with zero attached hydrogens (tertiary/aromatic N) is 2. The summed E-state index contributed by atoms with van der Waals surface area (Å²) >= 11 is 1.57. The van der Waals surface area contributed by atoms with E-state index in [1.807, 2.05) is 37.3 Å². The van der Waals surface area contributed by atoms with Crippen LogP contribution in [0.2, 0.25) is 0 Å². The average molecular weight is 377 g/mol. The number of anilines is 1. The molecule has 1 N–H and O–H groups in total. The van der Waals surface area contributed by atoms with E-state index in [9.17, 15) is 13.2 Å². The zero-order chi connectivity index (χ0) is 17.6. The van der Waals surface area contributed by atoms with Gasteiger partial charge in [-0.25, -0.2) is 13.1 Å². The maximum absolute atomic E-state index is 12.2. The SMILES string of the molecule is Cc1nn([C@@H]2CCS(=O)(=O)C2)c2c1[C@@H](c1ccccc1)SCC(=O)N2. The Balaban J connectivity index is 1.82. The summed E-state index contributed by atoms with van der Waals surface area (Å²) in [5.41, 5.74) is 2.93. The van der Waals surface area contributed by atoms with Crippen LogP contribution in [0.25, 0.3) is 0 Å². The molecule has 132 valence electrons. The van der Waals surface area contributed by atoms with Crippen LogP contribution in [0.5, 0.6) is 0 Å². The van der Waals surface area contributed by atoms with Gasteiger partial charge in [0.05, 0.1) is 34.2 Å². The van der Waals surface area contributed by atoms with E-state index >= 15 is 0 Å². The number of thioether (sulfide) groups is 1. The summed E-state index contributed by atoms with van der Waals surface area (Å²) in [6, 6.07) is 9.82. The molecule has 2 aliphatic heterocycles. The molecular weight excluding hydrogens is 358 g/mol. The van der Waals surface area contributed by atoms with Crippen molar-refractivity contribution < 1.29 is 13.2 Å². The third-order valence-corrected chi connectivity index (χ3v) is 7.71. The number of hydrogen-bond donors (Lipinski definition) is 1. The summed E-state index contributed by atoms with van der Waals surface area (Å²) in [4.78, 5) is 12.2. The zero-order valence-electron chi connectivity index (χ0n) is 13.8. The van der Waals surface area contributed by atoms with Crippen molar-refractivity contribution in [3.63, 3.8) is 0 Å². The predicted octanol–water partition coefficient (Wildman–Crippen LogP) is 2.33. The van der Waals surface area contributed by atoms with Gasteiger partial charge in [0.1, 0.15) is 5.82 Å². The Bertz CT molecular complexity index is 922. The van der Waals surface area contributed by atoms with Crippen molar-refractivity contribution in [2.75, 3.05) is 22.6 Å². The van der Waals surface area contributed by atoms with E-state index in [0.717, 1.165) is 16.8 Å². The number of nitrogens with one attached hydrogen (secondary N) is 1. The lowest BCUT2D eigenvalue weighted by Gasteiger charge is -2.16. The smallest absolute Gasteiger partial charge is 0.235 e. The summed E-state index contributed by atoms with van der Waals surface area (Å²) in [5, 5.41) is 7.58. The first-order chi connectivity index (χ1) is 11.9. The Morgan fingerprint density at radius 1 is 1.28 bits per heavy atom. The van der Waals surface area contributed by atoms with Gasteiger partial charge in [0.25, 0.3) is 0 Å². The average Bonchev–Trinajstić information content (AvgIpc) is 3.03. The van der Waals surface area contributed by atoms with Crippen LogP contribution < -0.4 is 5.32 Å². The predicted molar refractivity (Wildman–Crippen MR) is 98.6 cm³/mol. The van der Waals surface area contributed by atoms with Gasteiger partial charge in [-0.3, -0.25) is 4.79 Å². The highest BCUT2D eigenvalue weighted by molar-refractivity contribution is 8.00. The van der Waals surface area contributed by atoms with E-state index in [0.29, 0.717) is 18.0 Å². The summed E-state index contributed by atoms with van der Waals surface area (Å²) in [7, 11) is -3.03. The highest BCUT2D eigenvalue weighted by atomic mass is 32.2. The van der Waals surface area contributed by atoms with Gasteiger partial charge in [-0.15, -0.1) is 11.8 Å². The van der Waals surface area contributed by atoms with E-state index in [2.05, 4.69) is 10.4 Å². The molecule has 0 aliphatic carbocycles. The number of fused-ring (bicyclic) bond motifs is 1. The van der Waals surface area contributed by atoms with Crippen LogP contribution in [0.1, 0.15) is 34.5 Å². The molecule has 3 heterocycles. The number of hydrogen-bond acceptors (Lipinski definition) is 5. The Hall–Kier alpha value is -1.80.